The van der Waals surface area contributed by atoms with Crippen molar-refractivity contribution < 1.29 is 0 Å². The van der Waals surface area contributed by atoms with Crippen LogP contribution in [-0.2, 0) is 5.88 Å². The molecule has 0 aliphatic heterocycles. The SMILES string of the molecule is Cc1cccc(-c2cc(CCl)ccn2)c1. The summed E-state index contributed by atoms with van der Waals surface area (Å²) in [6, 6.07) is 12.3. The van der Waals surface area contributed by atoms with Crippen molar-refractivity contribution in [3.63, 3.8) is 0 Å². The molecule has 0 atom stereocenters. The van der Waals surface area contributed by atoms with Crippen LogP contribution >= 0.6 is 11.6 Å². The van der Waals surface area contributed by atoms with E-state index in [0.717, 1.165) is 16.8 Å². The second-order valence-corrected chi connectivity index (χ2v) is 3.82. The summed E-state index contributed by atoms with van der Waals surface area (Å²) in [7, 11) is 0. The normalized spacial score (nSPS) is 10.3. The molecule has 0 N–H and O–H groups in total. The maximum Gasteiger partial charge on any atom is 0.0705 e. The first-order valence-electron chi connectivity index (χ1n) is 4.87. The van der Waals surface area contributed by atoms with Crippen LogP contribution in [0.15, 0.2) is 42.6 Å². The molecule has 2 rings (SSSR count). The van der Waals surface area contributed by atoms with Gasteiger partial charge in [-0.15, -0.1) is 11.6 Å². The van der Waals surface area contributed by atoms with Crippen molar-refractivity contribution in [2.24, 2.45) is 0 Å². The Morgan fingerprint density at radius 2 is 2.07 bits per heavy atom. The lowest BCUT2D eigenvalue weighted by atomic mass is 10.1. The zero-order valence-corrected chi connectivity index (χ0v) is 9.33. The molecule has 1 aromatic heterocycles. The zero-order valence-electron chi connectivity index (χ0n) is 8.57. The van der Waals surface area contributed by atoms with Crippen LogP contribution in [0.25, 0.3) is 11.3 Å². The number of alkyl halides is 1. The van der Waals surface area contributed by atoms with E-state index in [9.17, 15) is 0 Å². The predicted molar refractivity (Wildman–Crippen MR) is 64.0 cm³/mol. The van der Waals surface area contributed by atoms with Gasteiger partial charge in [0.05, 0.1) is 5.69 Å². The topological polar surface area (TPSA) is 12.9 Å². The first-order chi connectivity index (χ1) is 7.29. The first-order valence-corrected chi connectivity index (χ1v) is 5.41. The van der Waals surface area contributed by atoms with Crippen molar-refractivity contribution in [2.75, 3.05) is 0 Å². The fourth-order valence-electron chi connectivity index (χ4n) is 1.52. The molecule has 0 amide bonds. The third kappa shape index (κ3) is 2.37. The largest absolute Gasteiger partial charge is 0.256 e. The van der Waals surface area contributed by atoms with Crippen LogP contribution < -0.4 is 0 Å². The molecule has 0 fully saturated rings. The zero-order chi connectivity index (χ0) is 10.7. The average Bonchev–Trinajstić information content (AvgIpc) is 2.29. The quantitative estimate of drug-likeness (QED) is 0.698. The smallest absolute Gasteiger partial charge is 0.0705 e. The van der Waals surface area contributed by atoms with Gasteiger partial charge in [0.15, 0.2) is 0 Å². The van der Waals surface area contributed by atoms with E-state index in [-0.39, 0.29) is 0 Å². The van der Waals surface area contributed by atoms with Gasteiger partial charge in [-0.25, -0.2) is 0 Å². The minimum absolute atomic E-state index is 0.529. The highest BCUT2D eigenvalue weighted by atomic mass is 35.5. The molecule has 0 bridgehead atoms. The monoisotopic (exact) mass is 217 g/mol. The molecule has 0 saturated heterocycles. The van der Waals surface area contributed by atoms with Gasteiger partial charge in [-0.3, -0.25) is 4.98 Å². The van der Waals surface area contributed by atoms with Gasteiger partial charge in [-0.1, -0.05) is 23.8 Å². The Morgan fingerprint density at radius 1 is 1.20 bits per heavy atom. The van der Waals surface area contributed by atoms with Crippen LogP contribution in [0, 0.1) is 6.92 Å². The van der Waals surface area contributed by atoms with Crippen LogP contribution in [0.4, 0.5) is 0 Å². The van der Waals surface area contributed by atoms with E-state index in [0.29, 0.717) is 5.88 Å². The molecular weight excluding hydrogens is 206 g/mol. The fraction of sp³-hybridized carbons (Fsp3) is 0.154. The van der Waals surface area contributed by atoms with Gasteiger partial charge in [-0.05, 0) is 30.7 Å². The number of hydrogen-bond donors (Lipinski definition) is 0. The molecule has 2 aromatic rings. The maximum atomic E-state index is 5.79. The third-order valence-corrected chi connectivity index (χ3v) is 2.60. The van der Waals surface area contributed by atoms with Crippen LogP contribution in [-0.4, -0.2) is 4.98 Å². The molecule has 0 saturated carbocycles. The lowest BCUT2D eigenvalue weighted by molar-refractivity contribution is 1.26. The van der Waals surface area contributed by atoms with E-state index in [2.05, 4.69) is 30.1 Å². The Balaban J connectivity index is 2.44. The lowest BCUT2D eigenvalue weighted by Gasteiger charge is -2.03. The van der Waals surface area contributed by atoms with Crippen molar-refractivity contribution in [1.82, 2.24) is 4.98 Å². The Morgan fingerprint density at radius 3 is 2.80 bits per heavy atom. The summed E-state index contributed by atoms with van der Waals surface area (Å²) >= 11 is 5.79. The van der Waals surface area contributed by atoms with E-state index in [4.69, 9.17) is 11.6 Å². The van der Waals surface area contributed by atoms with Gasteiger partial charge >= 0.3 is 0 Å². The van der Waals surface area contributed by atoms with Gasteiger partial charge in [0, 0.05) is 17.6 Å². The second-order valence-electron chi connectivity index (χ2n) is 3.55. The molecule has 1 heterocycles. The van der Waals surface area contributed by atoms with Gasteiger partial charge in [0.1, 0.15) is 0 Å². The number of hydrogen-bond acceptors (Lipinski definition) is 1. The third-order valence-electron chi connectivity index (χ3n) is 2.29. The van der Waals surface area contributed by atoms with Crippen molar-refractivity contribution in [3.05, 3.63) is 53.7 Å². The predicted octanol–water partition coefficient (Wildman–Crippen LogP) is 3.80. The van der Waals surface area contributed by atoms with Crippen molar-refractivity contribution >= 4 is 11.6 Å². The van der Waals surface area contributed by atoms with Crippen molar-refractivity contribution in [1.29, 1.82) is 0 Å². The van der Waals surface area contributed by atoms with Crippen LogP contribution in [0.1, 0.15) is 11.1 Å². The first kappa shape index (κ1) is 10.2. The highest BCUT2D eigenvalue weighted by Gasteiger charge is 2.00. The van der Waals surface area contributed by atoms with E-state index < -0.39 is 0 Å². The Kier molecular flexibility index (Phi) is 3.02. The molecule has 0 aliphatic carbocycles. The number of halogens is 1. The standard InChI is InChI=1S/C13H12ClN/c1-10-3-2-4-12(7-10)13-8-11(9-14)5-6-15-13/h2-8H,9H2,1H3. The molecule has 0 aliphatic rings. The summed E-state index contributed by atoms with van der Waals surface area (Å²) in [6.45, 7) is 2.08. The number of benzene rings is 1. The van der Waals surface area contributed by atoms with Crippen LogP contribution in [0.2, 0.25) is 0 Å². The summed E-state index contributed by atoms with van der Waals surface area (Å²) in [5.74, 6) is 0.529. The Bertz CT molecular complexity index is 466. The molecular formula is C13H12ClN. The minimum atomic E-state index is 0.529. The summed E-state index contributed by atoms with van der Waals surface area (Å²) in [6.07, 6.45) is 1.80. The van der Waals surface area contributed by atoms with Crippen molar-refractivity contribution in [2.45, 2.75) is 12.8 Å². The highest BCUT2D eigenvalue weighted by molar-refractivity contribution is 6.17. The molecule has 15 heavy (non-hydrogen) atoms. The van der Waals surface area contributed by atoms with Crippen LogP contribution in [0.5, 0.6) is 0 Å². The fourth-order valence-corrected chi connectivity index (χ4v) is 1.69. The molecule has 2 heteroatoms. The van der Waals surface area contributed by atoms with E-state index >= 15 is 0 Å². The second kappa shape index (κ2) is 4.45. The summed E-state index contributed by atoms with van der Waals surface area (Å²) in [5, 5.41) is 0. The van der Waals surface area contributed by atoms with Gasteiger partial charge < -0.3 is 0 Å². The molecule has 0 radical (unpaired) electrons. The van der Waals surface area contributed by atoms with Gasteiger partial charge in [-0.2, -0.15) is 0 Å². The number of pyridine rings is 1. The van der Waals surface area contributed by atoms with E-state index in [1.807, 2.05) is 18.2 Å². The number of aromatic nitrogens is 1. The Hall–Kier alpha value is -1.34. The maximum absolute atomic E-state index is 5.79. The lowest BCUT2D eigenvalue weighted by Crippen LogP contribution is -1.86. The molecule has 1 nitrogen and oxygen atoms in total. The van der Waals surface area contributed by atoms with Gasteiger partial charge in [0.25, 0.3) is 0 Å². The highest BCUT2D eigenvalue weighted by Crippen LogP contribution is 2.19. The van der Waals surface area contributed by atoms with Crippen molar-refractivity contribution in [3.8, 4) is 11.3 Å². The van der Waals surface area contributed by atoms with E-state index in [1.165, 1.54) is 5.56 Å². The molecule has 76 valence electrons. The summed E-state index contributed by atoms with van der Waals surface area (Å²) in [4.78, 5) is 4.34. The number of nitrogens with zero attached hydrogens (tertiary/aromatic N) is 1. The Labute approximate surface area is 94.7 Å². The molecule has 0 unspecified atom stereocenters. The van der Waals surface area contributed by atoms with Crippen LogP contribution in [0.3, 0.4) is 0 Å². The number of aryl methyl sites for hydroxylation is 1. The van der Waals surface area contributed by atoms with Gasteiger partial charge in [0.2, 0.25) is 0 Å². The summed E-state index contributed by atoms with van der Waals surface area (Å²) in [5.41, 5.74) is 4.47. The molecule has 1 aromatic carbocycles. The number of rotatable bonds is 2. The average molecular weight is 218 g/mol. The molecule has 0 spiro atoms. The summed E-state index contributed by atoms with van der Waals surface area (Å²) < 4.78 is 0. The van der Waals surface area contributed by atoms with E-state index in [1.54, 1.807) is 6.20 Å². The minimum Gasteiger partial charge on any atom is -0.256 e.